The highest BCUT2D eigenvalue weighted by Gasteiger charge is 2.22. The molecule has 0 unspecified atom stereocenters. The number of piperazine rings is 1. The minimum Gasteiger partial charge on any atom is -0.336 e. The van der Waals surface area contributed by atoms with Gasteiger partial charge < -0.3 is 9.88 Å². The van der Waals surface area contributed by atoms with Crippen LogP contribution in [0.15, 0.2) is 18.3 Å². The summed E-state index contributed by atoms with van der Waals surface area (Å²) in [5, 5.41) is 4.66. The first-order chi connectivity index (χ1) is 9.95. The SMILES string of the molecule is Cn1ccc2cc(C(C)(C)C)c(CN3CCNCC3)nc21. The number of pyridine rings is 1. The Kier molecular flexibility index (Phi) is 3.76. The number of nitrogens with one attached hydrogen (secondary N) is 1. The lowest BCUT2D eigenvalue weighted by Gasteiger charge is -2.29. The van der Waals surface area contributed by atoms with Crippen LogP contribution in [0.3, 0.4) is 0 Å². The maximum atomic E-state index is 5.00. The van der Waals surface area contributed by atoms with E-state index in [-0.39, 0.29) is 5.41 Å². The standard InChI is InChI=1S/C17H26N4/c1-17(2,3)14-11-13-5-8-20(4)16(13)19-15(14)12-21-9-6-18-7-10-21/h5,8,11,18H,6-7,9-10,12H2,1-4H3. The van der Waals surface area contributed by atoms with E-state index in [1.54, 1.807) is 0 Å². The maximum Gasteiger partial charge on any atom is 0.139 e. The molecule has 0 aliphatic carbocycles. The number of fused-ring (bicyclic) bond motifs is 1. The first kappa shape index (κ1) is 14.5. The fourth-order valence-corrected chi connectivity index (χ4v) is 3.07. The molecule has 3 rings (SSSR count). The number of aromatic nitrogens is 2. The molecule has 0 bridgehead atoms. The Hall–Kier alpha value is -1.39. The number of nitrogens with zero attached hydrogens (tertiary/aromatic N) is 3. The third-order valence-electron chi connectivity index (χ3n) is 4.31. The Balaban J connectivity index is 2.02. The van der Waals surface area contributed by atoms with E-state index in [9.17, 15) is 0 Å². The number of aryl methyl sites for hydroxylation is 1. The van der Waals surface area contributed by atoms with Gasteiger partial charge in [-0.15, -0.1) is 0 Å². The molecule has 2 aromatic rings. The summed E-state index contributed by atoms with van der Waals surface area (Å²) >= 11 is 0. The van der Waals surface area contributed by atoms with Crippen molar-refractivity contribution in [3.8, 4) is 0 Å². The fraction of sp³-hybridized carbons (Fsp3) is 0.588. The Morgan fingerprint density at radius 2 is 1.95 bits per heavy atom. The number of hydrogen-bond acceptors (Lipinski definition) is 3. The van der Waals surface area contributed by atoms with Gasteiger partial charge in [0.2, 0.25) is 0 Å². The molecule has 21 heavy (non-hydrogen) atoms. The highest BCUT2D eigenvalue weighted by Crippen LogP contribution is 2.29. The molecule has 1 fully saturated rings. The van der Waals surface area contributed by atoms with Gasteiger partial charge in [-0.05, 0) is 23.1 Å². The summed E-state index contributed by atoms with van der Waals surface area (Å²) in [6.07, 6.45) is 2.10. The molecular formula is C17H26N4. The Bertz CT molecular complexity index is 630. The van der Waals surface area contributed by atoms with Gasteiger partial charge in [0.15, 0.2) is 0 Å². The zero-order valence-electron chi connectivity index (χ0n) is 13.6. The van der Waals surface area contributed by atoms with Gasteiger partial charge in [0, 0.05) is 51.4 Å². The summed E-state index contributed by atoms with van der Waals surface area (Å²) in [6, 6.07) is 4.49. The first-order valence-corrected chi connectivity index (χ1v) is 7.83. The summed E-state index contributed by atoms with van der Waals surface area (Å²) in [5.41, 5.74) is 3.83. The molecule has 4 nitrogen and oxygen atoms in total. The van der Waals surface area contributed by atoms with Crippen LogP contribution in [-0.4, -0.2) is 40.6 Å². The molecule has 4 heteroatoms. The minimum absolute atomic E-state index is 0.125. The molecule has 0 atom stereocenters. The van der Waals surface area contributed by atoms with Crippen LogP contribution >= 0.6 is 0 Å². The van der Waals surface area contributed by atoms with Crippen LogP contribution in [0, 0.1) is 0 Å². The molecule has 3 heterocycles. The zero-order valence-corrected chi connectivity index (χ0v) is 13.6. The predicted molar refractivity (Wildman–Crippen MR) is 87.6 cm³/mol. The highest BCUT2D eigenvalue weighted by atomic mass is 15.2. The third-order valence-corrected chi connectivity index (χ3v) is 4.31. The summed E-state index contributed by atoms with van der Waals surface area (Å²) in [6.45, 7) is 12.2. The second-order valence-electron chi connectivity index (χ2n) is 7.10. The molecule has 1 N–H and O–H groups in total. The highest BCUT2D eigenvalue weighted by molar-refractivity contribution is 5.77. The van der Waals surface area contributed by atoms with Gasteiger partial charge in [-0.1, -0.05) is 20.8 Å². The predicted octanol–water partition coefficient (Wildman–Crippen LogP) is 2.28. The Morgan fingerprint density at radius 1 is 1.24 bits per heavy atom. The van der Waals surface area contributed by atoms with Gasteiger partial charge in [0.05, 0.1) is 5.69 Å². The lowest BCUT2D eigenvalue weighted by molar-refractivity contribution is 0.229. The lowest BCUT2D eigenvalue weighted by atomic mass is 9.85. The molecule has 0 spiro atoms. The van der Waals surface area contributed by atoms with Crippen molar-refractivity contribution >= 4 is 11.0 Å². The van der Waals surface area contributed by atoms with Gasteiger partial charge in [-0.2, -0.15) is 0 Å². The van der Waals surface area contributed by atoms with Crippen LogP contribution in [0.4, 0.5) is 0 Å². The van der Waals surface area contributed by atoms with Gasteiger partial charge in [-0.3, -0.25) is 4.90 Å². The monoisotopic (exact) mass is 286 g/mol. The largest absolute Gasteiger partial charge is 0.336 e. The molecule has 2 aromatic heterocycles. The van der Waals surface area contributed by atoms with Crippen LogP contribution in [0.2, 0.25) is 0 Å². The first-order valence-electron chi connectivity index (χ1n) is 7.83. The molecule has 1 aliphatic rings. The average Bonchev–Trinajstić information content (AvgIpc) is 2.79. The molecule has 0 saturated carbocycles. The molecule has 1 aliphatic heterocycles. The molecular weight excluding hydrogens is 260 g/mol. The van der Waals surface area contributed by atoms with E-state index in [1.165, 1.54) is 16.6 Å². The molecule has 114 valence electrons. The average molecular weight is 286 g/mol. The van der Waals surface area contributed by atoms with Crippen molar-refractivity contribution in [3.63, 3.8) is 0 Å². The molecule has 1 saturated heterocycles. The van der Waals surface area contributed by atoms with Crippen molar-refractivity contribution in [3.05, 3.63) is 29.6 Å². The van der Waals surface area contributed by atoms with Gasteiger partial charge >= 0.3 is 0 Å². The van der Waals surface area contributed by atoms with Crippen molar-refractivity contribution in [2.75, 3.05) is 26.2 Å². The van der Waals surface area contributed by atoms with Crippen molar-refractivity contribution in [1.29, 1.82) is 0 Å². The molecule has 0 radical (unpaired) electrons. The van der Waals surface area contributed by atoms with E-state index in [0.717, 1.165) is 38.4 Å². The van der Waals surface area contributed by atoms with E-state index < -0.39 is 0 Å². The fourth-order valence-electron chi connectivity index (χ4n) is 3.07. The zero-order chi connectivity index (χ0) is 15.0. The number of rotatable bonds is 2. The van der Waals surface area contributed by atoms with Gasteiger partial charge in [-0.25, -0.2) is 4.98 Å². The van der Waals surface area contributed by atoms with Crippen molar-refractivity contribution in [1.82, 2.24) is 19.8 Å². The van der Waals surface area contributed by atoms with E-state index in [2.05, 4.69) is 60.9 Å². The summed E-state index contributed by atoms with van der Waals surface area (Å²) < 4.78 is 2.11. The van der Waals surface area contributed by atoms with Gasteiger partial charge in [0.1, 0.15) is 5.65 Å². The number of hydrogen-bond donors (Lipinski definition) is 1. The summed E-state index contributed by atoms with van der Waals surface area (Å²) in [4.78, 5) is 7.50. The quantitative estimate of drug-likeness (QED) is 0.919. The van der Waals surface area contributed by atoms with E-state index in [1.807, 2.05) is 0 Å². The topological polar surface area (TPSA) is 33.1 Å². The third kappa shape index (κ3) is 2.97. The van der Waals surface area contributed by atoms with E-state index in [4.69, 9.17) is 4.98 Å². The molecule has 0 amide bonds. The minimum atomic E-state index is 0.125. The maximum absolute atomic E-state index is 5.00. The van der Waals surface area contributed by atoms with E-state index >= 15 is 0 Å². The molecule has 0 aromatic carbocycles. The Morgan fingerprint density at radius 3 is 2.62 bits per heavy atom. The normalized spacial score (nSPS) is 17.5. The second kappa shape index (κ2) is 5.43. The van der Waals surface area contributed by atoms with Gasteiger partial charge in [0.25, 0.3) is 0 Å². The van der Waals surface area contributed by atoms with Crippen LogP contribution in [0.1, 0.15) is 32.0 Å². The van der Waals surface area contributed by atoms with Crippen molar-refractivity contribution in [2.24, 2.45) is 7.05 Å². The van der Waals surface area contributed by atoms with Crippen LogP contribution in [0.25, 0.3) is 11.0 Å². The van der Waals surface area contributed by atoms with Crippen molar-refractivity contribution in [2.45, 2.75) is 32.7 Å². The summed E-state index contributed by atoms with van der Waals surface area (Å²) in [5.74, 6) is 0. The van der Waals surface area contributed by atoms with E-state index in [0.29, 0.717) is 0 Å². The summed E-state index contributed by atoms with van der Waals surface area (Å²) in [7, 11) is 2.07. The van der Waals surface area contributed by atoms with Crippen molar-refractivity contribution < 1.29 is 0 Å². The smallest absolute Gasteiger partial charge is 0.139 e. The van der Waals surface area contributed by atoms with Crippen LogP contribution < -0.4 is 5.32 Å². The van der Waals surface area contributed by atoms with Crippen LogP contribution in [-0.2, 0) is 19.0 Å². The van der Waals surface area contributed by atoms with Crippen LogP contribution in [0.5, 0.6) is 0 Å². The lowest BCUT2D eigenvalue weighted by Crippen LogP contribution is -2.43. The second-order valence-corrected chi connectivity index (χ2v) is 7.10. The Labute approximate surface area is 127 Å².